The van der Waals surface area contributed by atoms with E-state index in [9.17, 15) is 9.59 Å². The minimum absolute atomic E-state index is 0.00219. The predicted molar refractivity (Wildman–Crippen MR) is 54.5 cm³/mol. The molecule has 0 fully saturated rings. The summed E-state index contributed by atoms with van der Waals surface area (Å²) in [5.41, 5.74) is 5.05. The fourth-order valence-electron chi connectivity index (χ4n) is 0.645. The number of nitrogens with two attached hydrogens (primary N) is 1. The van der Waals surface area contributed by atoms with Crippen LogP contribution >= 0.6 is 11.5 Å². The Labute approximate surface area is 94.2 Å². The summed E-state index contributed by atoms with van der Waals surface area (Å²) >= 11 is 0.902. The van der Waals surface area contributed by atoms with Gasteiger partial charge >= 0.3 is 5.97 Å². The second kappa shape index (κ2) is 5.75. The molecule has 1 heterocycles. The quantitative estimate of drug-likeness (QED) is 0.405. The van der Waals surface area contributed by atoms with Crippen LogP contribution in [0.5, 0.6) is 0 Å². The molecule has 0 aliphatic carbocycles. The molecule has 8 nitrogen and oxygen atoms in total. The Morgan fingerprint density at radius 3 is 2.94 bits per heavy atom. The third kappa shape index (κ3) is 3.28. The van der Waals surface area contributed by atoms with Crippen molar-refractivity contribution >= 4 is 34.6 Å². The van der Waals surface area contributed by atoms with Crippen molar-refractivity contribution in [1.29, 1.82) is 0 Å². The molecule has 1 aromatic heterocycles. The van der Waals surface area contributed by atoms with Crippen LogP contribution in [0.15, 0.2) is 5.16 Å². The molecule has 85 valence electrons. The zero-order chi connectivity index (χ0) is 12.0. The summed E-state index contributed by atoms with van der Waals surface area (Å²) in [6.45, 7) is -0.415. The molecule has 1 radical (unpaired) electrons. The largest absolute Gasteiger partial charge is 0.466 e. The van der Waals surface area contributed by atoms with Gasteiger partial charge in [0, 0.05) is 11.5 Å². The van der Waals surface area contributed by atoms with E-state index in [0.717, 1.165) is 11.5 Å². The first-order valence-corrected chi connectivity index (χ1v) is 4.69. The van der Waals surface area contributed by atoms with Gasteiger partial charge < -0.3 is 15.3 Å². The first kappa shape index (κ1) is 12.0. The van der Waals surface area contributed by atoms with Crippen LogP contribution in [0.3, 0.4) is 0 Å². The van der Waals surface area contributed by atoms with Crippen LogP contribution in [-0.4, -0.2) is 41.0 Å². The molecule has 1 aromatic rings. The Bertz CT molecular complexity index is 416. The summed E-state index contributed by atoms with van der Waals surface area (Å²) in [5, 5.41) is 3.52. The van der Waals surface area contributed by atoms with Crippen LogP contribution in [-0.2, 0) is 19.2 Å². The molecule has 0 saturated carbocycles. The van der Waals surface area contributed by atoms with Crippen LogP contribution in [0.4, 0.5) is 5.13 Å². The summed E-state index contributed by atoms with van der Waals surface area (Å²) in [6, 6.07) is 0. The lowest BCUT2D eigenvalue weighted by molar-refractivity contribution is -0.145. The molecule has 0 unspecified atom stereocenters. The van der Waals surface area contributed by atoms with Crippen molar-refractivity contribution in [3.8, 4) is 0 Å². The summed E-state index contributed by atoms with van der Waals surface area (Å²) < 4.78 is 8.02. The first-order valence-electron chi connectivity index (χ1n) is 3.92. The average Bonchev–Trinajstić information content (AvgIpc) is 2.70. The van der Waals surface area contributed by atoms with Crippen LogP contribution in [0.25, 0.3) is 0 Å². The van der Waals surface area contributed by atoms with Gasteiger partial charge in [0.2, 0.25) is 12.4 Å². The monoisotopic (exact) mass is 243 g/mol. The minimum atomic E-state index is -0.625. The first-order chi connectivity index (χ1) is 7.67. The number of ether oxygens (including phenoxy) is 1. The van der Waals surface area contributed by atoms with E-state index in [4.69, 9.17) is 5.73 Å². The summed E-state index contributed by atoms with van der Waals surface area (Å²) in [5.74, 6) is -0.623. The fourth-order valence-corrected chi connectivity index (χ4v) is 1.08. The topological polar surface area (TPSA) is 117 Å². The lowest BCUT2D eigenvalue weighted by Crippen LogP contribution is -2.11. The summed E-state index contributed by atoms with van der Waals surface area (Å²) in [4.78, 5) is 29.4. The highest BCUT2D eigenvalue weighted by Crippen LogP contribution is 2.06. The van der Waals surface area contributed by atoms with E-state index in [2.05, 4.69) is 24.1 Å². The number of anilines is 1. The van der Waals surface area contributed by atoms with Gasteiger partial charge in [-0.25, -0.2) is 4.79 Å². The summed E-state index contributed by atoms with van der Waals surface area (Å²) in [7, 11) is 1.20. The number of carbonyl (C=O) groups is 1. The number of oxime groups is 1. The highest BCUT2D eigenvalue weighted by molar-refractivity contribution is 7.09. The van der Waals surface area contributed by atoms with Gasteiger partial charge in [-0.15, -0.1) is 0 Å². The second-order valence-electron chi connectivity index (χ2n) is 2.35. The van der Waals surface area contributed by atoms with E-state index >= 15 is 0 Å². The summed E-state index contributed by atoms with van der Waals surface area (Å²) in [6.07, 6.45) is 1.47. The smallest absolute Gasteiger partial charge is 0.346 e. The molecule has 0 atom stereocenters. The Hall–Kier alpha value is -2.03. The maximum Gasteiger partial charge on any atom is 0.346 e. The molecular weight excluding hydrogens is 236 g/mol. The minimum Gasteiger partial charge on any atom is -0.466 e. The van der Waals surface area contributed by atoms with Crippen molar-refractivity contribution in [1.82, 2.24) is 9.36 Å². The van der Waals surface area contributed by atoms with Gasteiger partial charge in [-0.2, -0.15) is 9.36 Å². The highest BCUT2D eigenvalue weighted by atomic mass is 32.1. The number of nitrogen functional groups attached to an aromatic ring is 1. The molecule has 0 amide bonds. The van der Waals surface area contributed by atoms with Gasteiger partial charge in [-0.1, -0.05) is 5.16 Å². The van der Waals surface area contributed by atoms with Crippen molar-refractivity contribution < 1.29 is 19.2 Å². The van der Waals surface area contributed by atoms with Gasteiger partial charge in [-0.3, -0.25) is 4.79 Å². The molecule has 9 heteroatoms. The van der Waals surface area contributed by atoms with Crippen LogP contribution in [0, 0.1) is 0 Å². The number of rotatable bonds is 5. The van der Waals surface area contributed by atoms with Gasteiger partial charge in [-0.05, 0) is 0 Å². The second-order valence-corrected chi connectivity index (χ2v) is 3.13. The van der Waals surface area contributed by atoms with Crippen molar-refractivity contribution in [2.24, 2.45) is 5.16 Å². The lowest BCUT2D eigenvalue weighted by Gasteiger charge is -1.97. The van der Waals surface area contributed by atoms with E-state index in [1.54, 1.807) is 0 Å². The number of hydrogen-bond acceptors (Lipinski definition) is 9. The van der Waals surface area contributed by atoms with E-state index < -0.39 is 12.6 Å². The standard InChI is InChI=1S/C7H7N4O4S/c1-14-5(13)3-15-10-4(2-12)6-9-7(8)16-11-6/h3H2,1H3,(H2,8,9,11)/b10-4+. The Kier molecular flexibility index (Phi) is 4.33. The maximum absolute atomic E-state index is 10.7. The Balaban J connectivity index is 2.64. The molecular formula is C7H7N4O4S. The molecule has 1 rings (SSSR count). The Morgan fingerprint density at radius 1 is 1.69 bits per heavy atom. The molecule has 0 saturated heterocycles. The zero-order valence-corrected chi connectivity index (χ0v) is 8.98. The number of methoxy groups -OCH3 is 1. The van der Waals surface area contributed by atoms with Gasteiger partial charge in [0.25, 0.3) is 6.29 Å². The van der Waals surface area contributed by atoms with E-state index in [1.165, 1.54) is 13.4 Å². The van der Waals surface area contributed by atoms with Gasteiger partial charge in [0.15, 0.2) is 10.8 Å². The van der Waals surface area contributed by atoms with Crippen molar-refractivity contribution in [3.05, 3.63) is 5.82 Å². The number of esters is 1. The third-order valence-corrected chi connectivity index (χ3v) is 1.86. The van der Waals surface area contributed by atoms with Crippen molar-refractivity contribution in [2.75, 3.05) is 19.5 Å². The van der Waals surface area contributed by atoms with Crippen LogP contribution in [0.1, 0.15) is 5.82 Å². The highest BCUT2D eigenvalue weighted by Gasteiger charge is 2.11. The zero-order valence-electron chi connectivity index (χ0n) is 8.17. The number of hydrogen-bond donors (Lipinski definition) is 1. The third-order valence-electron chi connectivity index (χ3n) is 1.32. The molecule has 0 spiro atoms. The number of carbonyl (C=O) groups excluding carboxylic acids is 2. The van der Waals surface area contributed by atoms with Gasteiger partial charge in [0.05, 0.1) is 7.11 Å². The maximum atomic E-state index is 10.7. The number of aromatic nitrogens is 2. The lowest BCUT2D eigenvalue weighted by atomic mass is 10.4. The molecule has 2 N–H and O–H groups in total. The van der Waals surface area contributed by atoms with Crippen molar-refractivity contribution in [2.45, 2.75) is 0 Å². The van der Waals surface area contributed by atoms with E-state index in [1.807, 2.05) is 0 Å². The van der Waals surface area contributed by atoms with Crippen LogP contribution < -0.4 is 5.73 Å². The fraction of sp³-hybridized carbons (Fsp3) is 0.286. The van der Waals surface area contributed by atoms with Crippen molar-refractivity contribution in [3.63, 3.8) is 0 Å². The number of nitrogens with zero attached hydrogens (tertiary/aromatic N) is 3. The molecule has 0 aliphatic heterocycles. The molecule has 0 aromatic carbocycles. The van der Waals surface area contributed by atoms with Gasteiger partial charge in [0.1, 0.15) is 0 Å². The molecule has 0 bridgehead atoms. The average molecular weight is 243 g/mol. The molecule has 16 heavy (non-hydrogen) atoms. The predicted octanol–water partition coefficient (Wildman–Crippen LogP) is -0.876. The Morgan fingerprint density at radius 2 is 2.44 bits per heavy atom. The van der Waals surface area contributed by atoms with E-state index in [0.29, 0.717) is 0 Å². The SMILES string of the molecule is COC(=O)CO/N=C(\[C]=O)c1nsc(N)n1. The van der Waals surface area contributed by atoms with Crippen LogP contribution in [0.2, 0.25) is 0 Å². The van der Waals surface area contributed by atoms with E-state index in [-0.39, 0.29) is 16.7 Å². The normalized spacial score (nSPS) is 10.9. The molecule has 0 aliphatic rings.